The van der Waals surface area contributed by atoms with E-state index in [-0.39, 0.29) is 6.03 Å². The Kier molecular flexibility index (Phi) is 4.88. The number of amides is 2. The first kappa shape index (κ1) is 17.0. The quantitative estimate of drug-likeness (QED) is 0.768. The Hall–Kier alpha value is -2.41. The standard InChI is InChI=1S/C19H23N5OS/c1-23-17-5-3-2-4-15(17)16(22-23)6-9-21-19(25)24-11-7-14(8-12-24)18-20-10-13-26-18/h2-5,10,13-14H,6-9,11-12H2,1H3,(H,21,25). The normalized spacial score (nSPS) is 15.5. The summed E-state index contributed by atoms with van der Waals surface area (Å²) < 4.78 is 1.90. The van der Waals surface area contributed by atoms with Gasteiger partial charge in [-0.1, -0.05) is 18.2 Å². The van der Waals surface area contributed by atoms with E-state index in [1.54, 1.807) is 11.3 Å². The number of likely N-dealkylation sites (tertiary alicyclic amines) is 1. The Morgan fingerprint density at radius 3 is 2.88 bits per heavy atom. The van der Waals surface area contributed by atoms with Gasteiger partial charge < -0.3 is 10.2 Å². The van der Waals surface area contributed by atoms with Gasteiger partial charge in [-0.25, -0.2) is 9.78 Å². The van der Waals surface area contributed by atoms with E-state index in [0.717, 1.165) is 48.9 Å². The molecule has 0 bridgehead atoms. The van der Waals surface area contributed by atoms with Crippen LogP contribution < -0.4 is 5.32 Å². The summed E-state index contributed by atoms with van der Waals surface area (Å²) in [5, 5.41) is 12.0. The summed E-state index contributed by atoms with van der Waals surface area (Å²) in [6.45, 7) is 2.19. The van der Waals surface area contributed by atoms with Crippen molar-refractivity contribution in [2.75, 3.05) is 19.6 Å². The smallest absolute Gasteiger partial charge is 0.317 e. The van der Waals surface area contributed by atoms with Gasteiger partial charge in [0.1, 0.15) is 0 Å². The molecule has 136 valence electrons. The molecule has 1 aliphatic rings. The Morgan fingerprint density at radius 1 is 1.31 bits per heavy atom. The second kappa shape index (κ2) is 7.45. The number of aromatic nitrogens is 3. The van der Waals surface area contributed by atoms with Crippen molar-refractivity contribution in [3.8, 4) is 0 Å². The molecule has 3 aromatic rings. The van der Waals surface area contributed by atoms with Gasteiger partial charge in [0.15, 0.2) is 0 Å². The third-order valence-electron chi connectivity index (χ3n) is 5.06. The van der Waals surface area contributed by atoms with Gasteiger partial charge in [0.05, 0.1) is 16.2 Å². The predicted molar refractivity (Wildman–Crippen MR) is 103 cm³/mol. The highest BCUT2D eigenvalue weighted by Crippen LogP contribution is 2.29. The number of nitrogens with zero attached hydrogens (tertiary/aromatic N) is 4. The van der Waals surface area contributed by atoms with Crippen LogP contribution >= 0.6 is 11.3 Å². The van der Waals surface area contributed by atoms with Crippen molar-refractivity contribution in [3.05, 3.63) is 46.5 Å². The Labute approximate surface area is 156 Å². The fourth-order valence-corrected chi connectivity index (χ4v) is 4.45. The molecule has 2 amide bonds. The molecule has 2 aromatic heterocycles. The number of piperidine rings is 1. The number of nitrogens with one attached hydrogen (secondary N) is 1. The Morgan fingerprint density at radius 2 is 2.12 bits per heavy atom. The molecule has 1 saturated heterocycles. The maximum absolute atomic E-state index is 12.4. The van der Waals surface area contributed by atoms with Crippen molar-refractivity contribution >= 4 is 28.3 Å². The van der Waals surface area contributed by atoms with E-state index < -0.39 is 0 Å². The van der Waals surface area contributed by atoms with Gasteiger partial charge in [0.25, 0.3) is 0 Å². The number of urea groups is 1. The molecule has 1 aromatic carbocycles. The number of carbonyl (C=O) groups excluding carboxylic acids is 1. The molecule has 0 unspecified atom stereocenters. The lowest BCUT2D eigenvalue weighted by atomic mass is 9.98. The zero-order valence-electron chi connectivity index (χ0n) is 14.9. The highest BCUT2D eigenvalue weighted by Gasteiger charge is 2.25. The molecule has 0 aliphatic carbocycles. The van der Waals surface area contributed by atoms with E-state index in [1.165, 1.54) is 5.01 Å². The Balaban J connectivity index is 1.28. The summed E-state index contributed by atoms with van der Waals surface area (Å²) in [5.74, 6) is 0.499. The number of thiazole rings is 1. The molecule has 0 radical (unpaired) electrons. The van der Waals surface area contributed by atoms with Crippen LogP contribution in [0, 0.1) is 0 Å². The van der Waals surface area contributed by atoms with Crippen molar-refractivity contribution < 1.29 is 4.79 Å². The molecule has 1 N–H and O–H groups in total. The molecule has 1 fully saturated rings. The number of para-hydroxylation sites is 1. The number of aryl methyl sites for hydroxylation is 1. The molecular formula is C19H23N5OS. The molecule has 6 nitrogen and oxygen atoms in total. The van der Waals surface area contributed by atoms with Crippen LogP contribution in [0.5, 0.6) is 0 Å². The summed E-state index contributed by atoms with van der Waals surface area (Å²) in [6.07, 6.45) is 4.58. The van der Waals surface area contributed by atoms with E-state index in [2.05, 4.69) is 27.5 Å². The van der Waals surface area contributed by atoms with Crippen LogP contribution in [0.4, 0.5) is 4.79 Å². The third-order valence-corrected chi connectivity index (χ3v) is 5.99. The SMILES string of the molecule is Cn1nc(CCNC(=O)N2CCC(c3nccs3)CC2)c2ccccc21. The highest BCUT2D eigenvalue weighted by molar-refractivity contribution is 7.09. The second-order valence-corrected chi connectivity index (χ2v) is 7.63. The van der Waals surface area contributed by atoms with Gasteiger partial charge >= 0.3 is 6.03 Å². The minimum absolute atomic E-state index is 0.0304. The molecule has 4 rings (SSSR count). The van der Waals surface area contributed by atoms with Gasteiger partial charge in [-0.15, -0.1) is 11.3 Å². The molecule has 7 heteroatoms. The maximum atomic E-state index is 12.4. The molecule has 26 heavy (non-hydrogen) atoms. The first-order valence-electron chi connectivity index (χ1n) is 9.05. The van der Waals surface area contributed by atoms with Gasteiger partial charge in [-0.2, -0.15) is 5.10 Å². The number of hydrogen-bond donors (Lipinski definition) is 1. The van der Waals surface area contributed by atoms with E-state index in [1.807, 2.05) is 40.3 Å². The van der Waals surface area contributed by atoms with E-state index in [4.69, 9.17) is 0 Å². The molecule has 0 spiro atoms. The average molecular weight is 369 g/mol. The zero-order chi connectivity index (χ0) is 17.9. The fourth-order valence-electron chi connectivity index (χ4n) is 3.64. The van der Waals surface area contributed by atoms with Crippen molar-refractivity contribution in [2.45, 2.75) is 25.2 Å². The molecule has 0 saturated carbocycles. The first-order valence-corrected chi connectivity index (χ1v) is 9.93. The monoisotopic (exact) mass is 369 g/mol. The fraction of sp³-hybridized carbons (Fsp3) is 0.421. The lowest BCUT2D eigenvalue weighted by Crippen LogP contribution is -2.44. The number of fused-ring (bicyclic) bond motifs is 1. The van der Waals surface area contributed by atoms with E-state index >= 15 is 0 Å². The van der Waals surface area contributed by atoms with Gasteiger partial charge in [0.2, 0.25) is 0 Å². The summed E-state index contributed by atoms with van der Waals surface area (Å²) in [7, 11) is 1.96. The number of hydrogen-bond acceptors (Lipinski definition) is 4. The first-order chi connectivity index (χ1) is 12.7. The topological polar surface area (TPSA) is 63.1 Å². The lowest BCUT2D eigenvalue weighted by Gasteiger charge is -2.31. The van der Waals surface area contributed by atoms with Crippen LogP contribution in [0.15, 0.2) is 35.8 Å². The minimum Gasteiger partial charge on any atom is -0.338 e. The van der Waals surface area contributed by atoms with Crippen LogP contribution in [0.2, 0.25) is 0 Å². The van der Waals surface area contributed by atoms with Crippen molar-refractivity contribution in [1.29, 1.82) is 0 Å². The van der Waals surface area contributed by atoms with Crippen LogP contribution in [0.1, 0.15) is 29.5 Å². The molecule has 0 atom stereocenters. The van der Waals surface area contributed by atoms with Gasteiger partial charge in [-0.3, -0.25) is 4.68 Å². The van der Waals surface area contributed by atoms with Gasteiger partial charge in [-0.05, 0) is 18.9 Å². The van der Waals surface area contributed by atoms with Crippen molar-refractivity contribution in [2.24, 2.45) is 7.05 Å². The van der Waals surface area contributed by atoms with E-state index in [9.17, 15) is 4.79 Å². The number of rotatable bonds is 4. The third kappa shape index (κ3) is 3.44. The van der Waals surface area contributed by atoms with Crippen LogP contribution in [-0.4, -0.2) is 45.3 Å². The van der Waals surface area contributed by atoms with E-state index in [0.29, 0.717) is 12.5 Å². The largest absolute Gasteiger partial charge is 0.338 e. The van der Waals surface area contributed by atoms with Crippen molar-refractivity contribution in [1.82, 2.24) is 25.0 Å². The predicted octanol–water partition coefficient (Wildman–Crippen LogP) is 3.16. The summed E-state index contributed by atoms with van der Waals surface area (Å²) >= 11 is 1.71. The second-order valence-electron chi connectivity index (χ2n) is 6.70. The van der Waals surface area contributed by atoms with Gasteiger partial charge in [0, 0.05) is 56.0 Å². The summed E-state index contributed by atoms with van der Waals surface area (Å²) in [6, 6.07) is 8.23. The minimum atomic E-state index is 0.0304. The molecular weight excluding hydrogens is 346 g/mol. The lowest BCUT2D eigenvalue weighted by molar-refractivity contribution is 0.181. The molecule has 1 aliphatic heterocycles. The number of benzene rings is 1. The van der Waals surface area contributed by atoms with Crippen LogP contribution in [-0.2, 0) is 13.5 Å². The highest BCUT2D eigenvalue weighted by atomic mass is 32.1. The van der Waals surface area contributed by atoms with Crippen LogP contribution in [0.25, 0.3) is 10.9 Å². The Bertz CT molecular complexity index is 881. The maximum Gasteiger partial charge on any atom is 0.317 e. The summed E-state index contributed by atoms with van der Waals surface area (Å²) in [5.41, 5.74) is 2.16. The number of carbonyl (C=O) groups is 1. The van der Waals surface area contributed by atoms with Crippen LogP contribution in [0.3, 0.4) is 0 Å². The summed E-state index contributed by atoms with van der Waals surface area (Å²) in [4.78, 5) is 18.8. The van der Waals surface area contributed by atoms with Crippen molar-refractivity contribution in [3.63, 3.8) is 0 Å². The molecule has 3 heterocycles. The zero-order valence-corrected chi connectivity index (χ0v) is 15.7. The average Bonchev–Trinajstić information content (AvgIpc) is 3.31.